The van der Waals surface area contributed by atoms with E-state index in [-0.39, 0.29) is 5.69 Å². The highest BCUT2D eigenvalue weighted by Crippen LogP contribution is 2.44. The fourth-order valence-electron chi connectivity index (χ4n) is 4.15. The lowest BCUT2D eigenvalue weighted by molar-refractivity contribution is 0.0689. The van der Waals surface area contributed by atoms with Gasteiger partial charge in [0.1, 0.15) is 11.5 Å². The average Bonchev–Trinajstić information content (AvgIpc) is 3.22. The second-order valence-corrected chi connectivity index (χ2v) is 7.41. The van der Waals surface area contributed by atoms with Crippen LogP contribution in [0.15, 0.2) is 67.3 Å². The van der Waals surface area contributed by atoms with Crippen LogP contribution in [0.3, 0.4) is 0 Å². The lowest BCUT2D eigenvalue weighted by Gasteiger charge is -2.35. The van der Waals surface area contributed by atoms with Crippen LogP contribution in [0.1, 0.15) is 37.7 Å². The van der Waals surface area contributed by atoms with Gasteiger partial charge in [0.25, 0.3) is 5.91 Å². The molecule has 4 rings (SSSR count). The van der Waals surface area contributed by atoms with E-state index < -0.39 is 17.3 Å². The summed E-state index contributed by atoms with van der Waals surface area (Å²) in [5.41, 5.74) is 1.86. The number of nitrogens with zero attached hydrogens (tertiary/aromatic N) is 2. The third-order valence-electron chi connectivity index (χ3n) is 5.76. The highest BCUT2D eigenvalue weighted by Gasteiger charge is 2.39. The first-order valence-electron chi connectivity index (χ1n) is 9.93. The Kier molecular flexibility index (Phi) is 5.40. The normalized spacial score (nSPS) is 13.8. The van der Waals surface area contributed by atoms with Gasteiger partial charge < -0.3 is 14.6 Å². The molecule has 0 radical (unpaired) electrons. The maximum absolute atomic E-state index is 12.5. The molecule has 0 unspecified atom stereocenters. The highest BCUT2D eigenvalue weighted by atomic mass is 16.5. The first-order valence-corrected chi connectivity index (χ1v) is 9.93. The summed E-state index contributed by atoms with van der Waals surface area (Å²) < 4.78 is 12.0. The SMILES string of the molecule is C=CC(=O)n1nc(C(=O)O)c2c1CC(c1cccc(OC)c1)(c1cccc(OC)c1)C=C2. The minimum Gasteiger partial charge on any atom is -0.497 e. The van der Waals surface area contributed by atoms with E-state index in [0.29, 0.717) is 29.2 Å². The first-order chi connectivity index (χ1) is 15.4. The van der Waals surface area contributed by atoms with Gasteiger partial charge in [-0.2, -0.15) is 9.78 Å². The second-order valence-electron chi connectivity index (χ2n) is 7.41. The predicted octanol–water partition coefficient (Wildman–Crippen LogP) is 3.98. The molecule has 0 atom stereocenters. The number of carboxylic acids is 1. The second kappa shape index (κ2) is 8.19. The van der Waals surface area contributed by atoms with Gasteiger partial charge in [-0.25, -0.2) is 4.79 Å². The molecule has 32 heavy (non-hydrogen) atoms. The summed E-state index contributed by atoms with van der Waals surface area (Å²) >= 11 is 0. The molecule has 162 valence electrons. The Morgan fingerprint density at radius 3 is 2.19 bits per heavy atom. The number of carbonyl (C=O) groups is 2. The first kappa shape index (κ1) is 21.1. The molecule has 1 aromatic heterocycles. The summed E-state index contributed by atoms with van der Waals surface area (Å²) in [6.45, 7) is 3.53. The maximum atomic E-state index is 12.5. The number of methoxy groups -OCH3 is 2. The summed E-state index contributed by atoms with van der Waals surface area (Å²) in [4.78, 5) is 24.3. The van der Waals surface area contributed by atoms with Gasteiger partial charge in [-0.1, -0.05) is 43.0 Å². The van der Waals surface area contributed by atoms with Gasteiger partial charge in [0, 0.05) is 17.4 Å². The molecule has 0 bridgehead atoms. The number of benzene rings is 2. The van der Waals surface area contributed by atoms with Crippen LogP contribution in [0.4, 0.5) is 0 Å². The maximum Gasteiger partial charge on any atom is 0.357 e. The van der Waals surface area contributed by atoms with Crippen molar-refractivity contribution < 1.29 is 24.2 Å². The number of ether oxygens (including phenoxy) is 2. The van der Waals surface area contributed by atoms with Crippen molar-refractivity contribution in [3.8, 4) is 11.5 Å². The van der Waals surface area contributed by atoms with Crippen LogP contribution in [0.5, 0.6) is 11.5 Å². The minimum atomic E-state index is -1.20. The molecule has 7 heteroatoms. The number of hydrogen-bond donors (Lipinski definition) is 1. The molecular weight excluding hydrogens is 408 g/mol. The molecular formula is C25H22N2O5. The lowest BCUT2D eigenvalue weighted by atomic mass is 9.68. The van der Waals surface area contributed by atoms with E-state index in [9.17, 15) is 14.7 Å². The molecule has 7 nitrogen and oxygen atoms in total. The fourth-order valence-corrected chi connectivity index (χ4v) is 4.15. The number of rotatable bonds is 6. The Hall–Kier alpha value is -4.13. The van der Waals surface area contributed by atoms with Crippen LogP contribution >= 0.6 is 0 Å². The molecule has 1 N–H and O–H groups in total. The van der Waals surface area contributed by atoms with Gasteiger partial charge in [-0.05, 0) is 41.5 Å². The number of fused-ring (bicyclic) bond motifs is 1. The van der Waals surface area contributed by atoms with Crippen molar-refractivity contribution in [1.82, 2.24) is 9.78 Å². The van der Waals surface area contributed by atoms with E-state index in [1.165, 1.54) is 0 Å². The van der Waals surface area contributed by atoms with Crippen LogP contribution in [0.2, 0.25) is 0 Å². The molecule has 0 aliphatic heterocycles. The van der Waals surface area contributed by atoms with Crippen LogP contribution in [-0.2, 0) is 11.8 Å². The zero-order chi connectivity index (χ0) is 22.9. The van der Waals surface area contributed by atoms with Crippen molar-refractivity contribution in [2.24, 2.45) is 0 Å². The molecule has 0 spiro atoms. The Balaban J connectivity index is 1.99. The van der Waals surface area contributed by atoms with Gasteiger partial charge in [-0.3, -0.25) is 4.79 Å². The quantitative estimate of drug-likeness (QED) is 0.595. The van der Waals surface area contributed by atoms with Gasteiger partial charge in [0.2, 0.25) is 0 Å². The summed E-state index contributed by atoms with van der Waals surface area (Å²) in [7, 11) is 3.20. The van der Waals surface area contributed by atoms with Crippen LogP contribution in [-0.4, -0.2) is 41.0 Å². The highest BCUT2D eigenvalue weighted by molar-refractivity contribution is 5.95. The molecule has 0 saturated carbocycles. The average molecular weight is 430 g/mol. The topological polar surface area (TPSA) is 90.7 Å². The van der Waals surface area contributed by atoms with Crippen molar-refractivity contribution in [3.63, 3.8) is 0 Å². The Labute approximate surface area is 185 Å². The number of carboxylic acid groups (broad SMARTS) is 1. The fraction of sp³-hybridized carbons (Fsp3) is 0.160. The number of hydrogen-bond acceptors (Lipinski definition) is 5. The van der Waals surface area contributed by atoms with Gasteiger partial charge in [0.05, 0.1) is 19.9 Å². The van der Waals surface area contributed by atoms with Crippen LogP contribution in [0, 0.1) is 0 Å². The third kappa shape index (κ3) is 3.37. The smallest absolute Gasteiger partial charge is 0.357 e. The minimum absolute atomic E-state index is 0.170. The van der Waals surface area contributed by atoms with E-state index in [1.807, 2.05) is 54.6 Å². The zero-order valence-electron chi connectivity index (χ0n) is 17.7. The summed E-state index contributed by atoms with van der Waals surface area (Å²) in [5, 5.41) is 13.7. The molecule has 1 aliphatic rings. The lowest BCUT2D eigenvalue weighted by Crippen LogP contribution is -2.32. The standard InChI is InChI=1S/C25H22N2O5/c1-4-22(28)27-21-15-25(16-7-5-9-18(13-16)31-2,17-8-6-10-19(14-17)32-3)12-11-20(21)23(26-27)24(29)30/h4-14H,1,15H2,2-3H3,(H,29,30). The number of aromatic nitrogens is 2. The van der Waals surface area contributed by atoms with Crippen molar-refractivity contribution in [2.75, 3.05) is 14.2 Å². The zero-order valence-corrected chi connectivity index (χ0v) is 17.7. The largest absolute Gasteiger partial charge is 0.497 e. The van der Waals surface area contributed by atoms with Crippen molar-refractivity contribution in [1.29, 1.82) is 0 Å². The van der Waals surface area contributed by atoms with Gasteiger partial charge in [-0.15, -0.1) is 0 Å². The Morgan fingerprint density at radius 1 is 1.09 bits per heavy atom. The summed E-state index contributed by atoms with van der Waals surface area (Å²) in [6, 6.07) is 15.3. The molecule has 1 heterocycles. The van der Waals surface area contributed by atoms with Crippen molar-refractivity contribution >= 4 is 18.0 Å². The third-order valence-corrected chi connectivity index (χ3v) is 5.76. The van der Waals surface area contributed by atoms with Crippen LogP contribution < -0.4 is 9.47 Å². The van der Waals surface area contributed by atoms with Gasteiger partial charge >= 0.3 is 5.97 Å². The molecule has 0 saturated heterocycles. The molecule has 1 aliphatic carbocycles. The van der Waals surface area contributed by atoms with E-state index in [2.05, 4.69) is 11.7 Å². The van der Waals surface area contributed by atoms with E-state index >= 15 is 0 Å². The number of aromatic carboxylic acids is 1. The summed E-state index contributed by atoms with van der Waals surface area (Å²) in [6.07, 6.45) is 5.10. The molecule has 3 aromatic rings. The van der Waals surface area contributed by atoms with Crippen molar-refractivity contribution in [3.05, 3.63) is 95.3 Å². The molecule has 0 amide bonds. The molecule has 0 fully saturated rings. The summed E-state index contributed by atoms with van der Waals surface area (Å²) in [5.74, 6) is -0.317. The predicted molar refractivity (Wildman–Crippen MR) is 120 cm³/mol. The van der Waals surface area contributed by atoms with Crippen LogP contribution in [0.25, 0.3) is 6.08 Å². The van der Waals surface area contributed by atoms with E-state index in [4.69, 9.17) is 9.47 Å². The Bertz CT molecular complexity index is 1210. The van der Waals surface area contributed by atoms with E-state index in [1.54, 1.807) is 20.3 Å². The molecule has 2 aromatic carbocycles. The number of allylic oxidation sites excluding steroid dienone is 2. The Morgan fingerprint density at radius 2 is 1.69 bits per heavy atom. The van der Waals surface area contributed by atoms with E-state index in [0.717, 1.165) is 21.9 Å². The number of carbonyl (C=O) groups excluding carboxylic acids is 1. The van der Waals surface area contributed by atoms with Crippen molar-refractivity contribution in [2.45, 2.75) is 11.8 Å². The monoisotopic (exact) mass is 430 g/mol. The van der Waals surface area contributed by atoms with Gasteiger partial charge in [0.15, 0.2) is 5.69 Å².